The van der Waals surface area contributed by atoms with E-state index in [1.807, 2.05) is 0 Å². The third-order valence-electron chi connectivity index (χ3n) is 1.94. The summed E-state index contributed by atoms with van der Waals surface area (Å²) in [6.07, 6.45) is -4.74. The molecule has 0 aliphatic carbocycles. The number of nitrogens with zero attached hydrogens (tertiary/aromatic N) is 1. The minimum atomic E-state index is -4.74. The van der Waals surface area contributed by atoms with Crippen LogP contribution in [0.3, 0.4) is 0 Å². The van der Waals surface area contributed by atoms with Crippen molar-refractivity contribution in [1.82, 2.24) is 0 Å². The highest BCUT2D eigenvalue weighted by atomic mass is 19.4. The Labute approximate surface area is 88.7 Å². The van der Waals surface area contributed by atoms with Gasteiger partial charge in [-0.05, 0) is 19.1 Å². The number of phenols is 1. The molecule has 0 unspecified atom stereocenters. The Balaban J connectivity index is 3.52. The second kappa shape index (κ2) is 3.85. The van der Waals surface area contributed by atoms with E-state index in [2.05, 4.69) is 0 Å². The molecule has 0 aliphatic rings. The lowest BCUT2D eigenvalue weighted by Gasteiger charge is -2.10. The molecule has 0 amide bonds. The zero-order valence-electron chi connectivity index (χ0n) is 8.09. The number of ketones is 1. The number of carbonyl (C=O) groups excluding carboxylic acids is 1. The summed E-state index contributed by atoms with van der Waals surface area (Å²) >= 11 is 0. The monoisotopic (exact) mass is 229 g/mol. The molecule has 1 N–H and O–H groups in total. The summed E-state index contributed by atoms with van der Waals surface area (Å²) in [4.78, 5) is 10.9. The molecule has 1 aromatic rings. The molecule has 84 valence electrons. The highest BCUT2D eigenvalue weighted by molar-refractivity contribution is 5.97. The molecule has 0 fully saturated rings. The number of rotatable bonds is 1. The molecule has 0 atom stereocenters. The van der Waals surface area contributed by atoms with Crippen LogP contribution < -0.4 is 0 Å². The zero-order chi connectivity index (χ0) is 12.5. The van der Waals surface area contributed by atoms with Gasteiger partial charge in [0.25, 0.3) is 0 Å². The minimum Gasteiger partial charge on any atom is -0.507 e. The van der Waals surface area contributed by atoms with Crippen LogP contribution in [0.1, 0.15) is 28.4 Å². The van der Waals surface area contributed by atoms with Crippen molar-refractivity contribution in [1.29, 1.82) is 5.26 Å². The van der Waals surface area contributed by atoms with Crippen molar-refractivity contribution in [3.05, 3.63) is 28.8 Å². The van der Waals surface area contributed by atoms with Gasteiger partial charge in [0.1, 0.15) is 5.75 Å². The molecule has 0 spiro atoms. The van der Waals surface area contributed by atoms with Crippen LogP contribution in [0.25, 0.3) is 0 Å². The van der Waals surface area contributed by atoms with Crippen LogP contribution in [-0.4, -0.2) is 10.9 Å². The predicted molar refractivity (Wildman–Crippen MR) is 47.8 cm³/mol. The minimum absolute atomic E-state index is 0.301. The first-order valence-electron chi connectivity index (χ1n) is 4.12. The lowest BCUT2D eigenvalue weighted by atomic mass is 10.0. The Bertz CT molecular complexity index is 486. The van der Waals surface area contributed by atoms with Crippen molar-refractivity contribution in [2.45, 2.75) is 13.1 Å². The Morgan fingerprint density at radius 1 is 1.44 bits per heavy atom. The summed E-state index contributed by atoms with van der Waals surface area (Å²) in [6, 6.07) is 2.46. The average Bonchev–Trinajstić information content (AvgIpc) is 2.15. The largest absolute Gasteiger partial charge is 0.507 e. The van der Waals surface area contributed by atoms with Crippen molar-refractivity contribution < 1.29 is 23.1 Å². The van der Waals surface area contributed by atoms with Crippen molar-refractivity contribution in [3.8, 4) is 11.8 Å². The van der Waals surface area contributed by atoms with Crippen LogP contribution in [0.2, 0.25) is 0 Å². The van der Waals surface area contributed by atoms with E-state index in [-0.39, 0.29) is 5.56 Å². The first kappa shape index (κ1) is 12.0. The average molecular weight is 229 g/mol. The number of Topliss-reactive ketones (excluding diaryl/α,β-unsaturated/α-hetero) is 1. The molecule has 6 heteroatoms. The number of carbonyl (C=O) groups is 1. The zero-order valence-corrected chi connectivity index (χ0v) is 8.09. The summed E-state index contributed by atoms with van der Waals surface area (Å²) in [6.45, 7) is 1.09. The topological polar surface area (TPSA) is 61.1 Å². The maximum atomic E-state index is 12.4. The Kier molecular flexibility index (Phi) is 2.90. The van der Waals surface area contributed by atoms with E-state index in [0.29, 0.717) is 6.07 Å². The normalized spacial score (nSPS) is 10.9. The number of alkyl halides is 3. The number of phenolic OH excluding ortho intramolecular Hbond substituents is 1. The lowest BCUT2D eigenvalue weighted by molar-refractivity contribution is -0.137. The van der Waals surface area contributed by atoms with Gasteiger partial charge in [0.05, 0.1) is 22.8 Å². The molecular weight excluding hydrogens is 223 g/mol. The molecule has 3 nitrogen and oxygen atoms in total. The summed E-state index contributed by atoms with van der Waals surface area (Å²) in [5.41, 5.74) is -2.24. The summed E-state index contributed by atoms with van der Waals surface area (Å²) in [7, 11) is 0. The van der Waals surface area contributed by atoms with Crippen molar-refractivity contribution in [2.24, 2.45) is 0 Å². The van der Waals surface area contributed by atoms with Crippen LogP contribution in [-0.2, 0) is 6.18 Å². The number of benzene rings is 1. The van der Waals surface area contributed by atoms with Gasteiger partial charge < -0.3 is 5.11 Å². The molecule has 0 heterocycles. The van der Waals surface area contributed by atoms with Gasteiger partial charge in [-0.25, -0.2) is 0 Å². The smallest absolute Gasteiger partial charge is 0.417 e. The van der Waals surface area contributed by atoms with Gasteiger partial charge in [-0.1, -0.05) is 0 Å². The van der Waals surface area contributed by atoms with Crippen LogP contribution in [0.5, 0.6) is 5.75 Å². The van der Waals surface area contributed by atoms with E-state index in [4.69, 9.17) is 5.26 Å². The van der Waals surface area contributed by atoms with Gasteiger partial charge >= 0.3 is 6.18 Å². The standard InChI is InChI=1S/C10H6F3NO2/c1-5(15)7-2-6(4-14)8(3-9(7)16)10(11,12)13/h2-3,16H,1H3. The number of nitriles is 1. The van der Waals surface area contributed by atoms with Gasteiger partial charge in [-0.2, -0.15) is 18.4 Å². The predicted octanol–water partition coefficient (Wildman–Crippen LogP) is 2.49. The van der Waals surface area contributed by atoms with Crippen molar-refractivity contribution >= 4 is 5.78 Å². The fourth-order valence-electron chi connectivity index (χ4n) is 1.20. The highest BCUT2D eigenvalue weighted by Crippen LogP contribution is 2.35. The second-order valence-electron chi connectivity index (χ2n) is 3.08. The van der Waals surface area contributed by atoms with Crippen LogP contribution in [0.4, 0.5) is 13.2 Å². The van der Waals surface area contributed by atoms with E-state index in [1.165, 1.54) is 6.07 Å². The SMILES string of the molecule is CC(=O)c1cc(C#N)c(C(F)(F)F)cc1O. The fraction of sp³-hybridized carbons (Fsp3) is 0.200. The van der Waals surface area contributed by atoms with E-state index in [0.717, 1.165) is 13.0 Å². The Morgan fingerprint density at radius 3 is 2.38 bits per heavy atom. The molecule has 0 aromatic heterocycles. The number of aromatic hydroxyl groups is 1. The van der Waals surface area contributed by atoms with E-state index in [9.17, 15) is 23.1 Å². The van der Waals surface area contributed by atoms with Gasteiger partial charge in [-0.15, -0.1) is 0 Å². The summed E-state index contributed by atoms with van der Waals surface area (Å²) in [5.74, 6) is -1.39. The fourth-order valence-corrected chi connectivity index (χ4v) is 1.20. The third kappa shape index (κ3) is 2.14. The maximum Gasteiger partial charge on any atom is 0.417 e. The Hall–Kier alpha value is -2.03. The molecule has 16 heavy (non-hydrogen) atoms. The van der Waals surface area contributed by atoms with Gasteiger partial charge in [-0.3, -0.25) is 4.79 Å². The van der Waals surface area contributed by atoms with E-state index >= 15 is 0 Å². The van der Waals surface area contributed by atoms with Crippen LogP contribution in [0.15, 0.2) is 12.1 Å². The van der Waals surface area contributed by atoms with Crippen molar-refractivity contribution in [2.75, 3.05) is 0 Å². The summed E-state index contributed by atoms with van der Waals surface area (Å²) in [5, 5.41) is 17.8. The summed E-state index contributed by atoms with van der Waals surface area (Å²) < 4.78 is 37.2. The third-order valence-corrected chi connectivity index (χ3v) is 1.94. The molecule has 0 bridgehead atoms. The van der Waals surface area contributed by atoms with Gasteiger partial charge in [0.2, 0.25) is 0 Å². The number of hydrogen-bond acceptors (Lipinski definition) is 3. The number of hydrogen-bond donors (Lipinski definition) is 1. The molecular formula is C10H6F3NO2. The Morgan fingerprint density at radius 2 is 2.00 bits per heavy atom. The first-order valence-corrected chi connectivity index (χ1v) is 4.12. The van der Waals surface area contributed by atoms with Crippen molar-refractivity contribution in [3.63, 3.8) is 0 Å². The van der Waals surface area contributed by atoms with Gasteiger partial charge in [0.15, 0.2) is 5.78 Å². The molecule has 0 saturated carbocycles. The highest BCUT2D eigenvalue weighted by Gasteiger charge is 2.34. The van der Waals surface area contributed by atoms with Crippen LogP contribution in [0, 0.1) is 11.3 Å². The number of halogens is 3. The molecule has 0 aliphatic heterocycles. The molecule has 0 radical (unpaired) electrons. The first-order chi connectivity index (χ1) is 7.27. The maximum absolute atomic E-state index is 12.4. The molecule has 0 saturated heterocycles. The lowest BCUT2D eigenvalue weighted by Crippen LogP contribution is -2.09. The second-order valence-corrected chi connectivity index (χ2v) is 3.08. The van der Waals surface area contributed by atoms with Crippen LogP contribution >= 0.6 is 0 Å². The quantitative estimate of drug-likeness (QED) is 0.752. The molecule has 1 aromatic carbocycles. The molecule has 1 rings (SSSR count). The van der Waals surface area contributed by atoms with Gasteiger partial charge in [0, 0.05) is 0 Å². The van der Waals surface area contributed by atoms with E-state index in [1.54, 1.807) is 0 Å². The van der Waals surface area contributed by atoms with E-state index < -0.39 is 28.8 Å².